The number of nitrogens with one attached hydrogen (secondary N) is 1. The standard InChI is InChI=1S/C10H8IN/c11-9-6-10(12-7-9)8-4-2-1-3-5-8/h1-7,12H. The molecular weight excluding hydrogens is 261 g/mol. The number of hydrogen-bond acceptors (Lipinski definition) is 0. The Bertz CT molecular complexity index is 364. The van der Waals surface area contributed by atoms with Crippen molar-refractivity contribution in [2.45, 2.75) is 0 Å². The van der Waals surface area contributed by atoms with Crippen LogP contribution in [0.4, 0.5) is 0 Å². The van der Waals surface area contributed by atoms with Gasteiger partial charge in [-0.3, -0.25) is 0 Å². The van der Waals surface area contributed by atoms with E-state index in [2.05, 4.69) is 45.8 Å². The molecule has 0 radical (unpaired) electrons. The van der Waals surface area contributed by atoms with Crippen molar-refractivity contribution in [1.82, 2.24) is 4.98 Å². The molecule has 0 saturated heterocycles. The molecule has 0 spiro atoms. The van der Waals surface area contributed by atoms with Gasteiger partial charge in [-0.2, -0.15) is 0 Å². The maximum absolute atomic E-state index is 3.21. The second kappa shape index (κ2) is 3.31. The maximum atomic E-state index is 3.21. The lowest BCUT2D eigenvalue weighted by Gasteiger charge is -1.94. The molecule has 12 heavy (non-hydrogen) atoms. The summed E-state index contributed by atoms with van der Waals surface area (Å²) in [6.07, 6.45) is 2.00. The first kappa shape index (κ1) is 7.86. The van der Waals surface area contributed by atoms with Gasteiger partial charge < -0.3 is 4.98 Å². The molecule has 1 heterocycles. The third kappa shape index (κ3) is 1.53. The molecule has 1 N–H and O–H groups in total. The average Bonchev–Trinajstić information content (AvgIpc) is 2.54. The highest BCUT2D eigenvalue weighted by atomic mass is 127. The fraction of sp³-hybridized carbons (Fsp3) is 0. The summed E-state index contributed by atoms with van der Waals surface area (Å²) in [6.45, 7) is 0. The van der Waals surface area contributed by atoms with Crippen LogP contribution in [0.5, 0.6) is 0 Å². The van der Waals surface area contributed by atoms with Crippen LogP contribution in [0.1, 0.15) is 0 Å². The van der Waals surface area contributed by atoms with E-state index in [1.54, 1.807) is 0 Å². The van der Waals surface area contributed by atoms with E-state index in [0.717, 1.165) is 0 Å². The summed E-state index contributed by atoms with van der Waals surface area (Å²) >= 11 is 2.30. The minimum Gasteiger partial charge on any atom is -0.360 e. The van der Waals surface area contributed by atoms with Crippen molar-refractivity contribution in [2.24, 2.45) is 0 Å². The lowest BCUT2D eigenvalue weighted by molar-refractivity contribution is 1.40. The van der Waals surface area contributed by atoms with Crippen molar-refractivity contribution in [3.05, 3.63) is 46.2 Å². The molecule has 1 aromatic heterocycles. The highest BCUT2D eigenvalue weighted by molar-refractivity contribution is 14.1. The number of aromatic nitrogens is 1. The minimum atomic E-state index is 1.18. The summed E-state index contributed by atoms with van der Waals surface area (Å²) in [5.74, 6) is 0. The van der Waals surface area contributed by atoms with E-state index in [-0.39, 0.29) is 0 Å². The van der Waals surface area contributed by atoms with Crippen LogP contribution in [0.2, 0.25) is 0 Å². The molecule has 0 saturated carbocycles. The molecular formula is C10H8IN. The lowest BCUT2D eigenvalue weighted by atomic mass is 10.2. The van der Waals surface area contributed by atoms with Crippen LogP contribution in [0.3, 0.4) is 0 Å². The van der Waals surface area contributed by atoms with Crippen LogP contribution < -0.4 is 0 Å². The first-order valence-electron chi connectivity index (χ1n) is 3.75. The van der Waals surface area contributed by atoms with Crippen LogP contribution in [0.15, 0.2) is 42.6 Å². The van der Waals surface area contributed by atoms with Gasteiger partial charge in [-0.05, 0) is 34.2 Å². The summed E-state index contributed by atoms with van der Waals surface area (Å²) in [5.41, 5.74) is 2.42. The van der Waals surface area contributed by atoms with Gasteiger partial charge in [0.05, 0.1) is 0 Å². The van der Waals surface area contributed by atoms with E-state index < -0.39 is 0 Å². The summed E-state index contributed by atoms with van der Waals surface area (Å²) in [5, 5.41) is 0. The zero-order valence-electron chi connectivity index (χ0n) is 6.42. The largest absolute Gasteiger partial charge is 0.360 e. The van der Waals surface area contributed by atoms with E-state index in [1.165, 1.54) is 14.8 Å². The Morgan fingerprint density at radius 1 is 1.08 bits per heavy atom. The number of rotatable bonds is 1. The summed E-state index contributed by atoms with van der Waals surface area (Å²) in [4.78, 5) is 3.21. The van der Waals surface area contributed by atoms with Crippen LogP contribution in [-0.2, 0) is 0 Å². The molecule has 0 fully saturated rings. The molecule has 0 aliphatic heterocycles. The Labute approximate surface area is 85.0 Å². The maximum Gasteiger partial charge on any atom is 0.0464 e. The predicted molar refractivity (Wildman–Crippen MR) is 58.9 cm³/mol. The van der Waals surface area contributed by atoms with Gasteiger partial charge in [0.25, 0.3) is 0 Å². The van der Waals surface area contributed by atoms with Gasteiger partial charge in [-0.1, -0.05) is 30.3 Å². The van der Waals surface area contributed by atoms with Gasteiger partial charge in [0, 0.05) is 15.5 Å². The summed E-state index contributed by atoms with van der Waals surface area (Å²) in [7, 11) is 0. The minimum absolute atomic E-state index is 1.18. The number of halogens is 1. The van der Waals surface area contributed by atoms with Gasteiger partial charge >= 0.3 is 0 Å². The third-order valence-electron chi connectivity index (χ3n) is 1.73. The number of hydrogen-bond donors (Lipinski definition) is 1. The number of H-pyrrole nitrogens is 1. The molecule has 0 amide bonds. The molecule has 0 unspecified atom stereocenters. The zero-order chi connectivity index (χ0) is 8.39. The monoisotopic (exact) mass is 269 g/mol. The highest BCUT2D eigenvalue weighted by Gasteiger charge is 1.97. The van der Waals surface area contributed by atoms with Crippen molar-refractivity contribution in [1.29, 1.82) is 0 Å². The fourth-order valence-corrected chi connectivity index (χ4v) is 1.62. The lowest BCUT2D eigenvalue weighted by Crippen LogP contribution is -1.73. The van der Waals surface area contributed by atoms with Crippen molar-refractivity contribution >= 4 is 22.6 Å². The third-order valence-corrected chi connectivity index (χ3v) is 2.36. The van der Waals surface area contributed by atoms with Crippen molar-refractivity contribution in [3.8, 4) is 11.3 Å². The number of benzene rings is 1. The smallest absolute Gasteiger partial charge is 0.0464 e. The Morgan fingerprint density at radius 2 is 1.83 bits per heavy atom. The van der Waals surface area contributed by atoms with Crippen LogP contribution >= 0.6 is 22.6 Å². The van der Waals surface area contributed by atoms with Gasteiger partial charge in [0.15, 0.2) is 0 Å². The van der Waals surface area contributed by atoms with E-state index in [0.29, 0.717) is 0 Å². The second-order valence-corrected chi connectivity index (χ2v) is 3.84. The first-order chi connectivity index (χ1) is 5.86. The van der Waals surface area contributed by atoms with Gasteiger partial charge in [0.1, 0.15) is 0 Å². The van der Waals surface area contributed by atoms with Gasteiger partial charge in [-0.25, -0.2) is 0 Å². The van der Waals surface area contributed by atoms with Crippen LogP contribution in [-0.4, -0.2) is 4.98 Å². The molecule has 0 aliphatic rings. The van der Waals surface area contributed by atoms with E-state index in [4.69, 9.17) is 0 Å². The molecule has 0 atom stereocenters. The Kier molecular flexibility index (Phi) is 2.17. The second-order valence-electron chi connectivity index (χ2n) is 2.60. The van der Waals surface area contributed by atoms with Crippen LogP contribution in [0.25, 0.3) is 11.3 Å². The normalized spacial score (nSPS) is 10.1. The molecule has 1 nitrogen and oxygen atoms in total. The average molecular weight is 269 g/mol. The Balaban J connectivity index is 2.45. The molecule has 0 aliphatic carbocycles. The molecule has 60 valence electrons. The van der Waals surface area contributed by atoms with E-state index in [9.17, 15) is 0 Å². The quantitative estimate of drug-likeness (QED) is 0.764. The molecule has 2 heteroatoms. The Hall–Kier alpha value is -0.770. The summed E-state index contributed by atoms with van der Waals surface area (Å²) < 4.78 is 1.24. The molecule has 1 aromatic carbocycles. The molecule has 0 bridgehead atoms. The van der Waals surface area contributed by atoms with Gasteiger partial charge in [0.2, 0.25) is 0 Å². The zero-order valence-corrected chi connectivity index (χ0v) is 8.58. The number of aromatic amines is 1. The topological polar surface area (TPSA) is 15.8 Å². The first-order valence-corrected chi connectivity index (χ1v) is 4.83. The van der Waals surface area contributed by atoms with Crippen molar-refractivity contribution in [3.63, 3.8) is 0 Å². The molecule has 2 rings (SSSR count). The summed E-state index contributed by atoms with van der Waals surface area (Å²) in [6, 6.07) is 12.4. The SMILES string of the molecule is Ic1c[nH]c(-c2ccccc2)c1. The van der Waals surface area contributed by atoms with Crippen molar-refractivity contribution in [2.75, 3.05) is 0 Å². The Morgan fingerprint density at radius 3 is 2.42 bits per heavy atom. The van der Waals surface area contributed by atoms with Gasteiger partial charge in [-0.15, -0.1) is 0 Å². The fourth-order valence-electron chi connectivity index (χ4n) is 1.15. The predicted octanol–water partition coefficient (Wildman–Crippen LogP) is 3.29. The van der Waals surface area contributed by atoms with Crippen molar-refractivity contribution < 1.29 is 0 Å². The molecule has 2 aromatic rings. The van der Waals surface area contributed by atoms with Crippen LogP contribution in [0, 0.1) is 3.57 Å². The van der Waals surface area contributed by atoms with E-state index in [1.807, 2.05) is 24.4 Å². The van der Waals surface area contributed by atoms with E-state index >= 15 is 0 Å². The highest BCUT2D eigenvalue weighted by Crippen LogP contribution is 2.18.